The molecule has 3 N–H and O–H groups in total. The smallest absolute Gasteiger partial charge is 0.342 e. The zero-order chi connectivity index (χ0) is 19.9. The number of carbonyl (C=O) groups is 1. The minimum absolute atomic E-state index is 0.00395. The Morgan fingerprint density at radius 3 is 2.39 bits per heavy atom. The molecule has 3 aromatic rings. The van der Waals surface area contributed by atoms with Crippen LogP contribution in [-0.4, -0.2) is 35.1 Å². The van der Waals surface area contributed by atoms with Gasteiger partial charge in [0.2, 0.25) is 11.9 Å². The van der Waals surface area contributed by atoms with Gasteiger partial charge in [-0.2, -0.15) is 15.0 Å². The number of hydrogen-bond acceptors (Lipinski definition) is 9. The lowest BCUT2D eigenvalue weighted by Gasteiger charge is -2.11. The van der Waals surface area contributed by atoms with Gasteiger partial charge in [-0.25, -0.2) is 4.79 Å². The highest BCUT2D eigenvalue weighted by molar-refractivity contribution is 5.92. The Morgan fingerprint density at radius 2 is 1.64 bits per heavy atom. The molecule has 0 atom stereocenters. The van der Waals surface area contributed by atoms with Gasteiger partial charge in [-0.3, -0.25) is 0 Å². The number of para-hydroxylation sites is 3. The van der Waals surface area contributed by atoms with Crippen molar-refractivity contribution in [1.29, 1.82) is 0 Å². The fourth-order valence-corrected chi connectivity index (χ4v) is 2.45. The highest BCUT2D eigenvalue weighted by atomic mass is 16.5. The summed E-state index contributed by atoms with van der Waals surface area (Å²) in [7, 11) is 3.04. The number of nitrogens with two attached hydrogens (primary N) is 1. The third-order valence-electron chi connectivity index (χ3n) is 3.71. The van der Waals surface area contributed by atoms with Crippen molar-refractivity contribution in [2.45, 2.75) is 6.61 Å². The zero-order valence-electron chi connectivity index (χ0n) is 15.4. The monoisotopic (exact) mass is 381 g/mol. The highest BCUT2D eigenvalue weighted by Crippen LogP contribution is 2.25. The molecule has 3 rings (SSSR count). The van der Waals surface area contributed by atoms with Crippen LogP contribution >= 0.6 is 0 Å². The Bertz CT molecular complexity index is 980. The molecule has 0 spiro atoms. The van der Waals surface area contributed by atoms with E-state index in [1.165, 1.54) is 7.11 Å². The summed E-state index contributed by atoms with van der Waals surface area (Å²) in [5.41, 5.74) is 6.72. The first kappa shape index (κ1) is 18.9. The number of rotatable bonds is 7. The van der Waals surface area contributed by atoms with E-state index in [9.17, 15) is 4.79 Å². The maximum absolute atomic E-state index is 12.3. The minimum Gasteiger partial charge on any atom is -0.496 e. The average Bonchev–Trinajstić information content (AvgIpc) is 2.72. The van der Waals surface area contributed by atoms with Crippen LogP contribution in [0.5, 0.6) is 11.5 Å². The first-order valence-electron chi connectivity index (χ1n) is 8.31. The van der Waals surface area contributed by atoms with Crippen molar-refractivity contribution >= 4 is 23.6 Å². The van der Waals surface area contributed by atoms with Crippen LogP contribution in [0.15, 0.2) is 48.5 Å². The van der Waals surface area contributed by atoms with Gasteiger partial charge in [-0.1, -0.05) is 24.3 Å². The highest BCUT2D eigenvalue weighted by Gasteiger charge is 2.15. The first-order chi connectivity index (χ1) is 13.6. The number of ether oxygens (including phenoxy) is 3. The molecule has 2 aromatic carbocycles. The predicted octanol–water partition coefficient (Wildman–Crippen LogP) is 2.57. The number of aromatic nitrogens is 3. The lowest BCUT2D eigenvalue weighted by atomic mass is 10.2. The van der Waals surface area contributed by atoms with Crippen LogP contribution in [0.2, 0.25) is 0 Å². The second kappa shape index (κ2) is 8.67. The second-order valence-corrected chi connectivity index (χ2v) is 5.54. The van der Waals surface area contributed by atoms with Crippen molar-refractivity contribution in [3.8, 4) is 11.5 Å². The van der Waals surface area contributed by atoms with Crippen molar-refractivity contribution < 1.29 is 19.0 Å². The van der Waals surface area contributed by atoms with E-state index >= 15 is 0 Å². The molecule has 1 heterocycles. The van der Waals surface area contributed by atoms with Gasteiger partial charge >= 0.3 is 5.97 Å². The molecule has 1 aromatic heterocycles. The number of nitrogens with one attached hydrogen (secondary N) is 1. The molecule has 28 heavy (non-hydrogen) atoms. The van der Waals surface area contributed by atoms with Crippen molar-refractivity contribution in [2.75, 3.05) is 25.3 Å². The van der Waals surface area contributed by atoms with Gasteiger partial charge in [-0.05, 0) is 24.3 Å². The van der Waals surface area contributed by atoms with Crippen molar-refractivity contribution in [2.24, 2.45) is 0 Å². The van der Waals surface area contributed by atoms with E-state index in [1.807, 2.05) is 12.1 Å². The molecule has 0 unspecified atom stereocenters. The number of benzene rings is 2. The maximum atomic E-state index is 12.3. The molecule has 144 valence electrons. The summed E-state index contributed by atoms with van der Waals surface area (Å²) >= 11 is 0. The lowest BCUT2D eigenvalue weighted by Crippen LogP contribution is -2.12. The summed E-state index contributed by atoms with van der Waals surface area (Å²) in [6.45, 7) is -0.176. The van der Waals surface area contributed by atoms with E-state index in [0.29, 0.717) is 22.7 Å². The Hall–Kier alpha value is -3.88. The maximum Gasteiger partial charge on any atom is 0.342 e. The average molecular weight is 381 g/mol. The van der Waals surface area contributed by atoms with Crippen LogP contribution in [0.1, 0.15) is 16.2 Å². The molecule has 0 aliphatic carbocycles. The third-order valence-corrected chi connectivity index (χ3v) is 3.71. The van der Waals surface area contributed by atoms with Gasteiger partial charge in [0, 0.05) is 0 Å². The van der Waals surface area contributed by atoms with Gasteiger partial charge < -0.3 is 25.3 Å². The van der Waals surface area contributed by atoms with Crippen LogP contribution in [0.3, 0.4) is 0 Å². The minimum atomic E-state index is -0.560. The molecule has 9 heteroatoms. The Morgan fingerprint density at radius 1 is 0.964 bits per heavy atom. The van der Waals surface area contributed by atoms with Crippen LogP contribution in [0.4, 0.5) is 17.6 Å². The van der Waals surface area contributed by atoms with Gasteiger partial charge in [-0.15, -0.1) is 0 Å². The van der Waals surface area contributed by atoms with Crippen LogP contribution in [0, 0.1) is 0 Å². The summed E-state index contributed by atoms with van der Waals surface area (Å²) < 4.78 is 15.7. The van der Waals surface area contributed by atoms with Crippen LogP contribution in [-0.2, 0) is 11.3 Å². The van der Waals surface area contributed by atoms with E-state index in [4.69, 9.17) is 19.9 Å². The molecule has 0 bridgehead atoms. The molecule has 0 aliphatic rings. The van der Waals surface area contributed by atoms with Gasteiger partial charge in [0.05, 0.1) is 19.9 Å². The molecular weight excluding hydrogens is 362 g/mol. The molecule has 9 nitrogen and oxygen atoms in total. The SMILES string of the molecule is COc1ccccc1Nc1nc(N)nc(COC(=O)c2ccccc2OC)n1. The number of hydrogen-bond donors (Lipinski definition) is 2. The molecule has 0 saturated carbocycles. The zero-order valence-corrected chi connectivity index (χ0v) is 15.4. The Kier molecular flexibility index (Phi) is 5.85. The topological polar surface area (TPSA) is 121 Å². The molecule has 0 amide bonds. The fraction of sp³-hybridized carbons (Fsp3) is 0.158. The Labute approximate surface area is 161 Å². The number of anilines is 3. The van der Waals surface area contributed by atoms with E-state index < -0.39 is 5.97 Å². The summed E-state index contributed by atoms with van der Waals surface area (Å²) in [6, 6.07) is 14.0. The molecule has 0 radical (unpaired) electrons. The van der Waals surface area contributed by atoms with E-state index in [2.05, 4.69) is 20.3 Å². The van der Waals surface area contributed by atoms with E-state index in [0.717, 1.165) is 0 Å². The summed E-state index contributed by atoms with van der Waals surface area (Å²) in [5, 5.41) is 3.01. The largest absolute Gasteiger partial charge is 0.496 e. The summed E-state index contributed by atoms with van der Waals surface area (Å²) in [4.78, 5) is 24.6. The number of nitrogen functional groups attached to an aromatic ring is 1. The van der Waals surface area contributed by atoms with Crippen LogP contribution < -0.4 is 20.5 Å². The Balaban J connectivity index is 1.74. The van der Waals surface area contributed by atoms with E-state index in [1.54, 1.807) is 43.5 Å². The lowest BCUT2D eigenvalue weighted by molar-refractivity contribution is 0.0458. The number of esters is 1. The summed E-state index contributed by atoms with van der Waals surface area (Å²) in [5.74, 6) is 0.881. The molecule has 0 saturated heterocycles. The number of nitrogens with zero attached hydrogens (tertiary/aromatic N) is 3. The molecule has 0 aliphatic heterocycles. The first-order valence-corrected chi connectivity index (χ1v) is 8.31. The van der Waals surface area contributed by atoms with Gasteiger partial charge in [0.15, 0.2) is 12.4 Å². The molecular formula is C19H19N5O4. The van der Waals surface area contributed by atoms with Crippen molar-refractivity contribution in [3.05, 3.63) is 59.9 Å². The predicted molar refractivity (Wildman–Crippen MR) is 103 cm³/mol. The second-order valence-electron chi connectivity index (χ2n) is 5.54. The van der Waals surface area contributed by atoms with Crippen molar-refractivity contribution in [1.82, 2.24) is 15.0 Å². The quantitative estimate of drug-likeness (QED) is 0.595. The molecule has 0 fully saturated rings. The van der Waals surface area contributed by atoms with Crippen molar-refractivity contribution in [3.63, 3.8) is 0 Å². The van der Waals surface area contributed by atoms with Gasteiger partial charge in [0.25, 0.3) is 0 Å². The normalized spacial score (nSPS) is 10.2. The van der Waals surface area contributed by atoms with E-state index in [-0.39, 0.29) is 24.3 Å². The number of methoxy groups -OCH3 is 2. The number of carbonyl (C=O) groups excluding carboxylic acids is 1. The van der Waals surface area contributed by atoms with Crippen LogP contribution in [0.25, 0.3) is 0 Å². The summed E-state index contributed by atoms with van der Waals surface area (Å²) in [6.07, 6.45) is 0. The fourth-order valence-electron chi connectivity index (χ4n) is 2.45. The standard InChI is InChI=1S/C19H19N5O4/c1-26-14-9-5-3-7-12(14)17(25)28-11-16-22-18(20)24-19(23-16)21-13-8-4-6-10-15(13)27-2/h3-10H,11H2,1-2H3,(H3,20,21,22,23,24). The third kappa shape index (κ3) is 4.44. The van der Waals surface area contributed by atoms with Gasteiger partial charge in [0.1, 0.15) is 17.1 Å².